The summed E-state index contributed by atoms with van der Waals surface area (Å²) in [6, 6.07) is 0. The SMILES string of the molecule is CC(CN(C)C(=O)C1(C)CCCCC1)C(N)=S. The summed E-state index contributed by atoms with van der Waals surface area (Å²) in [5.74, 6) is 0.339. The standard InChI is InChI=1S/C13H24N2OS/c1-10(11(14)17)9-15(3)12(16)13(2)7-5-4-6-8-13/h10H,4-9H2,1-3H3,(H2,14,17). The van der Waals surface area contributed by atoms with E-state index in [1.165, 1.54) is 19.3 Å². The fraction of sp³-hybridized carbons (Fsp3) is 0.846. The zero-order valence-electron chi connectivity index (χ0n) is 11.2. The molecule has 3 nitrogen and oxygen atoms in total. The molecular formula is C13H24N2OS. The Morgan fingerprint density at radius 1 is 1.41 bits per heavy atom. The van der Waals surface area contributed by atoms with Crippen molar-refractivity contribution >= 4 is 23.1 Å². The lowest BCUT2D eigenvalue weighted by Crippen LogP contribution is -2.44. The van der Waals surface area contributed by atoms with Gasteiger partial charge in [-0.25, -0.2) is 0 Å². The van der Waals surface area contributed by atoms with E-state index in [0.717, 1.165) is 12.8 Å². The summed E-state index contributed by atoms with van der Waals surface area (Å²) >= 11 is 4.95. The van der Waals surface area contributed by atoms with Crippen LogP contribution in [-0.2, 0) is 4.79 Å². The molecule has 0 heterocycles. The second-order valence-corrected chi connectivity index (χ2v) is 6.08. The average Bonchev–Trinajstić information content (AvgIpc) is 2.28. The fourth-order valence-corrected chi connectivity index (χ4v) is 2.66. The summed E-state index contributed by atoms with van der Waals surface area (Å²) in [7, 11) is 1.86. The number of nitrogens with two attached hydrogens (primary N) is 1. The number of carbonyl (C=O) groups is 1. The molecular weight excluding hydrogens is 232 g/mol. The molecule has 2 N–H and O–H groups in total. The monoisotopic (exact) mass is 256 g/mol. The van der Waals surface area contributed by atoms with Gasteiger partial charge in [0.15, 0.2) is 0 Å². The maximum atomic E-state index is 12.4. The van der Waals surface area contributed by atoms with Gasteiger partial charge in [0.2, 0.25) is 5.91 Å². The highest BCUT2D eigenvalue weighted by atomic mass is 32.1. The van der Waals surface area contributed by atoms with Gasteiger partial charge in [-0.15, -0.1) is 0 Å². The Bertz CT molecular complexity index is 298. The predicted octanol–water partition coefficient (Wildman–Crippen LogP) is 2.34. The molecule has 17 heavy (non-hydrogen) atoms. The zero-order chi connectivity index (χ0) is 13.1. The van der Waals surface area contributed by atoms with Crippen LogP contribution in [0.2, 0.25) is 0 Å². The van der Waals surface area contributed by atoms with Crippen LogP contribution < -0.4 is 5.73 Å². The number of carbonyl (C=O) groups excluding carboxylic acids is 1. The van der Waals surface area contributed by atoms with Gasteiger partial charge in [0.1, 0.15) is 0 Å². The van der Waals surface area contributed by atoms with E-state index in [-0.39, 0.29) is 17.2 Å². The number of amides is 1. The second-order valence-electron chi connectivity index (χ2n) is 5.61. The summed E-state index contributed by atoms with van der Waals surface area (Å²) in [6.07, 6.45) is 5.62. The van der Waals surface area contributed by atoms with Gasteiger partial charge in [0.05, 0.1) is 4.99 Å². The van der Waals surface area contributed by atoms with Crippen LogP contribution in [0.15, 0.2) is 0 Å². The van der Waals surface area contributed by atoms with Crippen LogP contribution >= 0.6 is 12.2 Å². The minimum atomic E-state index is -0.164. The number of rotatable bonds is 4. The third-order valence-electron chi connectivity index (χ3n) is 3.85. The van der Waals surface area contributed by atoms with Crippen molar-refractivity contribution in [1.29, 1.82) is 0 Å². The van der Waals surface area contributed by atoms with E-state index < -0.39 is 0 Å². The zero-order valence-corrected chi connectivity index (χ0v) is 12.0. The normalized spacial score (nSPS) is 20.6. The van der Waals surface area contributed by atoms with Crippen molar-refractivity contribution < 1.29 is 4.79 Å². The van der Waals surface area contributed by atoms with Gasteiger partial charge < -0.3 is 10.6 Å². The molecule has 4 heteroatoms. The Hall–Kier alpha value is -0.640. The number of thiocarbonyl (C=S) groups is 1. The first kappa shape index (κ1) is 14.4. The van der Waals surface area contributed by atoms with Crippen molar-refractivity contribution in [2.45, 2.75) is 46.0 Å². The number of hydrogen-bond acceptors (Lipinski definition) is 2. The smallest absolute Gasteiger partial charge is 0.228 e. The summed E-state index contributed by atoms with van der Waals surface area (Å²) in [5.41, 5.74) is 5.43. The van der Waals surface area contributed by atoms with E-state index in [0.29, 0.717) is 11.5 Å². The van der Waals surface area contributed by atoms with Crippen molar-refractivity contribution in [3.63, 3.8) is 0 Å². The molecule has 0 bridgehead atoms. The van der Waals surface area contributed by atoms with Gasteiger partial charge in [0.25, 0.3) is 0 Å². The van der Waals surface area contributed by atoms with Crippen LogP contribution in [-0.4, -0.2) is 29.4 Å². The lowest BCUT2D eigenvalue weighted by molar-refractivity contribution is -0.141. The summed E-state index contributed by atoms with van der Waals surface area (Å²) in [6.45, 7) is 4.69. The van der Waals surface area contributed by atoms with Crippen LogP contribution in [0.4, 0.5) is 0 Å². The first-order chi connectivity index (χ1) is 7.87. The topological polar surface area (TPSA) is 46.3 Å². The molecule has 1 fully saturated rings. The van der Waals surface area contributed by atoms with Crippen LogP contribution in [0.25, 0.3) is 0 Å². The molecule has 1 unspecified atom stereocenters. The van der Waals surface area contributed by atoms with Gasteiger partial charge in [-0.3, -0.25) is 4.79 Å². The summed E-state index contributed by atoms with van der Waals surface area (Å²) < 4.78 is 0. The Morgan fingerprint density at radius 2 is 1.94 bits per heavy atom. The first-order valence-electron chi connectivity index (χ1n) is 6.42. The lowest BCUT2D eigenvalue weighted by atomic mass is 9.74. The van der Waals surface area contributed by atoms with Crippen molar-refractivity contribution in [3.05, 3.63) is 0 Å². The Balaban J connectivity index is 2.59. The molecule has 1 amide bonds. The Labute approximate surface area is 110 Å². The second kappa shape index (κ2) is 5.80. The third-order valence-corrected chi connectivity index (χ3v) is 4.26. The quantitative estimate of drug-likeness (QED) is 0.785. The van der Waals surface area contributed by atoms with Crippen LogP contribution in [0.3, 0.4) is 0 Å². The number of hydrogen-bond donors (Lipinski definition) is 1. The maximum Gasteiger partial charge on any atom is 0.228 e. The van der Waals surface area contributed by atoms with Crippen molar-refractivity contribution in [2.75, 3.05) is 13.6 Å². The molecule has 1 saturated carbocycles. The van der Waals surface area contributed by atoms with E-state index in [1.807, 2.05) is 14.0 Å². The maximum absolute atomic E-state index is 12.4. The van der Waals surface area contributed by atoms with Crippen molar-refractivity contribution in [1.82, 2.24) is 4.90 Å². The van der Waals surface area contributed by atoms with Gasteiger partial charge in [-0.05, 0) is 12.8 Å². The number of nitrogens with zero attached hydrogens (tertiary/aromatic N) is 1. The van der Waals surface area contributed by atoms with Crippen LogP contribution in [0.1, 0.15) is 46.0 Å². The minimum Gasteiger partial charge on any atom is -0.393 e. The van der Waals surface area contributed by atoms with Gasteiger partial charge >= 0.3 is 0 Å². The molecule has 0 radical (unpaired) electrons. The molecule has 0 aromatic heterocycles. The molecule has 0 aromatic rings. The van der Waals surface area contributed by atoms with E-state index in [1.54, 1.807) is 4.90 Å². The lowest BCUT2D eigenvalue weighted by Gasteiger charge is -2.36. The van der Waals surface area contributed by atoms with E-state index in [9.17, 15) is 4.79 Å². The van der Waals surface area contributed by atoms with E-state index in [4.69, 9.17) is 18.0 Å². The van der Waals surface area contributed by atoms with Crippen molar-refractivity contribution in [3.8, 4) is 0 Å². The summed E-state index contributed by atoms with van der Waals surface area (Å²) in [4.78, 5) is 14.7. The Morgan fingerprint density at radius 3 is 2.41 bits per heavy atom. The molecule has 1 atom stereocenters. The van der Waals surface area contributed by atoms with Crippen LogP contribution in [0.5, 0.6) is 0 Å². The molecule has 0 aromatic carbocycles. The molecule has 0 saturated heterocycles. The van der Waals surface area contributed by atoms with Gasteiger partial charge in [0, 0.05) is 24.9 Å². The van der Waals surface area contributed by atoms with Crippen molar-refractivity contribution in [2.24, 2.45) is 17.1 Å². The average molecular weight is 256 g/mol. The minimum absolute atomic E-state index is 0.0890. The molecule has 1 aliphatic rings. The third kappa shape index (κ3) is 3.66. The highest BCUT2D eigenvalue weighted by Gasteiger charge is 2.36. The van der Waals surface area contributed by atoms with Crippen LogP contribution in [0, 0.1) is 11.3 Å². The predicted molar refractivity (Wildman–Crippen MR) is 74.8 cm³/mol. The molecule has 98 valence electrons. The van der Waals surface area contributed by atoms with Gasteiger partial charge in [-0.1, -0.05) is 45.3 Å². The highest BCUT2D eigenvalue weighted by Crippen LogP contribution is 2.37. The fourth-order valence-electron chi connectivity index (χ4n) is 2.59. The Kier molecular flexibility index (Phi) is 4.92. The van der Waals surface area contributed by atoms with E-state index in [2.05, 4.69) is 6.92 Å². The molecule has 1 rings (SSSR count). The first-order valence-corrected chi connectivity index (χ1v) is 6.82. The van der Waals surface area contributed by atoms with Gasteiger partial charge in [-0.2, -0.15) is 0 Å². The van der Waals surface area contributed by atoms with E-state index >= 15 is 0 Å². The largest absolute Gasteiger partial charge is 0.393 e. The highest BCUT2D eigenvalue weighted by molar-refractivity contribution is 7.80. The molecule has 0 spiro atoms. The summed E-state index contributed by atoms with van der Waals surface area (Å²) in [5, 5.41) is 0. The molecule has 1 aliphatic carbocycles. The molecule has 0 aliphatic heterocycles.